The summed E-state index contributed by atoms with van der Waals surface area (Å²) in [6.45, 7) is 0.602. The highest BCUT2D eigenvalue weighted by Crippen LogP contribution is 2.48. The van der Waals surface area contributed by atoms with Gasteiger partial charge in [0.2, 0.25) is 0 Å². The molecule has 1 aliphatic heterocycles. The van der Waals surface area contributed by atoms with Gasteiger partial charge in [0, 0.05) is 172 Å². The summed E-state index contributed by atoms with van der Waals surface area (Å²) in [7, 11) is 0. The van der Waals surface area contributed by atoms with Gasteiger partial charge in [-0.3, -0.25) is 24.9 Å². The normalized spacial score (nSPS) is 19.7. The number of nitrogen functional groups attached to an aromatic ring is 4. The molecule has 4 saturated carbocycles. The molecule has 15 aromatic rings. The van der Waals surface area contributed by atoms with E-state index in [1.54, 1.807) is 81.6 Å². The van der Waals surface area contributed by atoms with Gasteiger partial charge < -0.3 is 53.0 Å². The molecule has 0 saturated heterocycles. The lowest BCUT2D eigenvalue weighted by molar-refractivity contribution is -0.146. The highest BCUT2D eigenvalue weighted by molar-refractivity contribution is 9.11. The van der Waals surface area contributed by atoms with E-state index in [-0.39, 0.29) is 36.1 Å². The molecule has 0 amide bonds. The van der Waals surface area contributed by atoms with E-state index in [9.17, 15) is 36.7 Å². The van der Waals surface area contributed by atoms with Crippen molar-refractivity contribution in [3.63, 3.8) is 0 Å². The summed E-state index contributed by atoms with van der Waals surface area (Å²) in [5.41, 5.74) is 43.3. The zero-order valence-corrected chi connectivity index (χ0v) is 78.8. The molecule has 0 radical (unpaired) electrons. The van der Waals surface area contributed by atoms with Gasteiger partial charge in [0.1, 0.15) is 34.0 Å². The first-order chi connectivity index (χ1) is 66.2. The number of pyridine rings is 4. The molecule has 20 rings (SSSR count). The number of hydrogen-bond donors (Lipinski definition) is 9. The Morgan fingerprint density at radius 3 is 1.07 bits per heavy atom. The number of aliphatic hydroxyl groups excluding tert-OH is 1. The standard InChI is InChI=1S/C25H26BrFN6O3.C25H23ClFN5O2.C23H21BrFN7O2.C23H22BrFN6O2/c26-20-22(15-3-1-14(2-4-15)21(27)25(35)36)31-24-18(12-30-33(24)23(20)28)16-5-6-19(29-11-16)17-7-8-32(13-17)9-10-34;26-20-22(16-8-6-15(7-9-16)21(27)25(33)34)31-24-18(13-30-32(24)23(20)28)17-10-11-19(29-12-17)14-4-2-1-3-5-14;24-17-19(13-4-2-12(3-5-13)18(25)23(33)34)31-22-15(11-30-32(22)20(17)26)14-6-7-16(29-10-14)21-27-8-1-9-28-21;24-18-20(13-5-3-12(4-6-13)19(25)23(32)33)30-22-15(11-29-31(22)21(18)26)14-7-8-17(28-10-14)16-2-1-9-27-16/h5-8,11-15,21,34H,1-4,9-10,28H2,(H,35,36);1-5,10-13,15-16,21H,6-9,28H2,(H,33,34);1,6-13,18H,2-5,26H2,(H,33,34);2,7-13,19H,1,3-6,26H2,(H,32,33). The van der Waals surface area contributed by atoms with Crippen LogP contribution in [0.2, 0.25) is 5.02 Å². The smallest absolute Gasteiger partial charge is 0.338 e. The second-order valence-corrected chi connectivity index (χ2v) is 37.3. The number of allylic oxidation sites excluding steroid dienone is 1. The number of aliphatic hydroxyl groups is 1. The van der Waals surface area contributed by atoms with Crippen LogP contribution in [0.1, 0.15) is 161 Å². The van der Waals surface area contributed by atoms with Crippen molar-refractivity contribution >= 4 is 141 Å². The summed E-state index contributed by atoms with van der Waals surface area (Å²) in [6, 6.07) is 29.1. The number of carboxylic acid groups (broad SMARTS) is 4. The minimum Gasteiger partial charge on any atom is -0.479 e. The second kappa shape index (κ2) is 41.6. The molecule has 1 aromatic carbocycles. The van der Waals surface area contributed by atoms with Gasteiger partial charge in [0.05, 0.1) is 90.4 Å². The van der Waals surface area contributed by atoms with Crippen LogP contribution in [-0.4, -0.2) is 180 Å². The van der Waals surface area contributed by atoms with Crippen molar-refractivity contribution in [3.05, 3.63) is 218 Å². The van der Waals surface area contributed by atoms with Crippen molar-refractivity contribution in [2.24, 2.45) is 28.7 Å². The zero-order valence-electron chi connectivity index (χ0n) is 73.3. The Kier molecular flexibility index (Phi) is 29.0. The number of hydrogen-bond acceptors (Lipinski definition) is 24. The lowest BCUT2D eigenvalue weighted by Crippen LogP contribution is -2.28. The molecule has 4 atom stereocenters. The SMILES string of the molecule is Nc1c(Br)c(C2CCC(C(F)C(=O)O)CC2)nc2c(-c3ccc(-c4ccn(CCO)c4)nc3)cnn12.Nc1c(Br)c(C2CCC(C(F)C(=O)O)CC2)nc2c(-c3ccc(-c4ncccn4)nc3)cnn12.Nc1c(Br)c(C2CCC(C(F)C(=O)O)CC2)nc2c(-c3ccc(C4=CCC=N4)nc3)cnn12.Nc1c(Cl)c(C2CCC(C(F)C(=O)O)CC2)nc2c(-c3ccc(-c4ccccc4)nc3)cnn12. The summed E-state index contributed by atoms with van der Waals surface area (Å²) < 4.78 is 66.0. The molecule has 41 heteroatoms. The molecular formula is C96H92Br3ClF4N24O9. The lowest BCUT2D eigenvalue weighted by atomic mass is 9.78. The number of rotatable bonds is 22. The Bertz CT molecular complexity index is 6800. The third-order valence-corrected chi connectivity index (χ3v) is 29.1. The topological polar surface area (TPSA) is 489 Å². The van der Waals surface area contributed by atoms with Gasteiger partial charge in [0.25, 0.3) is 0 Å². The van der Waals surface area contributed by atoms with Crippen LogP contribution in [0, 0.1) is 23.7 Å². The van der Waals surface area contributed by atoms with Crippen LogP contribution in [0.5, 0.6) is 0 Å². The molecule has 5 aliphatic rings. The number of aliphatic imine (C=N–C) groups is 1. The molecule has 14 aromatic heterocycles. The molecule has 0 spiro atoms. The number of anilines is 4. The zero-order chi connectivity index (χ0) is 96.1. The van der Waals surface area contributed by atoms with Crippen molar-refractivity contribution < 1.29 is 62.3 Å². The molecular weight excluding hydrogens is 1980 g/mol. The molecule has 0 bridgehead atoms. The number of carbonyl (C=O) groups is 4. The van der Waals surface area contributed by atoms with Gasteiger partial charge in [-0.15, -0.1) is 0 Å². The Morgan fingerprint density at radius 1 is 0.394 bits per heavy atom. The second-order valence-electron chi connectivity index (χ2n) is 34.5. The van der Waals surface area contributed by atoms with E-state index in [1.807, 2.05) is 114 Å². The van der Waals surface area contributed by atoms with Gasteiger partial charge in [-0.2, -0.15) is 38.5 Å². The highest BCUT2D eigenvalue weighted by atomic mass is 79.9. The quantitative estimate of drug-likeness (QED) is 0.0285. The van der Waals surface area contributed by atoms with Gasteiger partial charge in [-0.05, 0) is 187 Å². The number of carboxylic acids is 4. The van der Waals surface area contributed by atoms with Crippen molar-refractivity contribution in [2.45, 2.75) is 164 Å². The third-order valence-electron chi connectivity index (χ3n) is 26.3. The minimum absolute atomic E-state index is 0.0293. The molecule has 15 heterocycles. The number of aliphatic carboxylic acids is 4. The van der Waals surface area contributed by atoms with Crippen LogP contribution >= 0.6 is 59.4 Å². The fourth-order valence-electron chi connectivity index (χ4n) is 18.8. The van der Waals surface area contributed by atoms with Crippen LogP contribution in [0.3, 0.4) is 0 Å². The third kappa shape index (κ3) is 20.1. The van der Waals surface area contributed by atoms with E-state index >= 15 is 0 Å². The van der Waals surface area contributed by atoms with E-state index in [2.05, 4.69) is 103 Å². The average molecular weight is 2080 g/mol. The maximum absolute atomic E-state index is 14.0. The molecule has 706 valence electrons. The summed E-state index contributed by atoms with van der Waals surface area (Å²) in [4.78, 5) is 94.6. The number of aromatic nitrogens is 19. The first kappa shape index (κ1) is 95.3. The van der Waals surface area contributed by atoms with Gasteiger partial charge >= 0.3 is 23.9 Å². The van der Waals surface area contributed by atoms with Gasteiger partial charge in [0.15, 0.2) is 53.1 Å². The lowest BCUT2D eigenvalue weighted by Gasteiger charge is -2.29. The molecule has 137 heavy (non-hydrogen) atoms. The van der Waals surface area contributed by atoms with Crippen molar-refractivity contribution in [1.82, 2.24) is 92.9 Å². The Hall–Kier alpha value is -13.4. The monoisotopic (exact) mass is 2070 g/mol. The summed E-state index contributed by atoms with van der Waals surface area (Å²) in [6.07, 6.45) is 27.3. The summed E-state index contributed by atoms with van der Waals surface area (Å²) in [5.74, 6) is -5.27. The molecule has 4 unspecified atom stereocenters. The van der Waals surface area contributed by atoms with Gasteiger partial charge in [-0.1, -0.05) is 72.3 Å². The number of benzene rings is 1. The average Bonchev–Trinajstić information content (AvgIpc) is 1.43. The van der Waals surface area contributed by atoms with Crippen LogP contribution in [0.4, 0.5) is 40.8 Å². The van der Waals surface area contributed by atoms with Crippen molar-refractivity contribution in [2.75, 3.05) is 29.5 Å². The highest BCUT2D eigenvalue weighted by Gasteiger charge is 2.40. The number of halogens is 8. The largest absolute Gasteiger partial charge is 0.479 e. The molecule has 4 fully saturated rings. The fraction of sp³-hybridized carbons (Fsp3) is 0.323. The van der Waals surface area contributed by atoms with Gasteiger partial charge in [-0.25, -0.2) is 66.6 Å². The maximum atomic E-state index is 14.0. The minimum atomic E-state index is -1.84. The number of fused-ring (bicyclic) bond motifs is 4. The van der Waals surface area contributed by atoms with Crippen molar-refractivity contribution in [1.29, 1.82) is 0 Å². The Balaban J connectivity index is 0.000000127. The molecule has 4 aliphatic carbocycles. The number of nitrogens with two attached hydrogens (primary N) is 4. The first-order valence-electron chi connectivity index (χ1n) is 44.6. The predicted octanol–water partition coefficient (Wildman–Crippen LogP) is 18.6. The van der Waals surface area contributed by atoms with E-state index in [0.717, 1.165) is 102 Å². The first-order valence-corrected chi connectivity index (χ1v) is 47.4. The maximum Gasteiger partial charge on any atom is 0.338 e. The predicted molar refractivity (Wildman–Crippen MR) is 518 cm³/mol. The van der Waals surface area contributed by atoms with E-state index in [1.165, 1.54) is 4.52 Å². The summed E-state index contributed by atoms with van der Waals surface area (Å²) in [5, 5.41) is 63.0. The van der Waals surface area contributed by atoms with Crippen molar-refractivity contribution in [3.8, 4) is 78.5 Å². The van der Waals surface area contributed by atoms with E-state index in [4.69, 9.17) is 80.0 Å². The number of alkyl halides is 4. The van der Waals surface area contributed by atoms with E-state index < -0.39 is 72.2 Å². The van der Waals surface area contributed by atoms with E-state index in [0.29, 0.717) is 185 Å². The fourth-order valence-corrected chi connectivity index (χ4v) is 20.8. The number of nitrogens with zero attached hydrogens (tertiary/aromatic N) is 20. The molecule has 13 N–H and O–H groups in total. The Labute approximate surface area is 809 Å². The summed E-state index contributed by atoms with van der Waals surface area (Å²) >= 11 is 17.3. The van der Waals surface area contributed by atoms with Crippen LogP contribution in [-0.2, 0) is 25.7 Å². The van der Waals surface area contributed by atoms with Crippen LogP contribution in [0.25, 0.3) is 107 Å². The van der Waals surface area contributed by atoms with Crippen LogP contribution < -0.4 is 22.9 Å². The molecule has 33 nitrogen and oxygen atoms in total. The Morgan fingerprint density at radius 2 is 0.730 bits per heavy atom. The van der Waals surface area contributed by atoms with Crippen LogP contribution in [0.15, 0.2) is 190 Å².